The van der Waals surface area contributed by atoms with Crippen LogP contribution in [0.25, 0.3) is 0 Å². The molecule has 0 aromatic carbocycles. The van der Waals surface area contributed by atoms with Crippen LogP contribution in [0.5, 0.6) is 0 Å². The van der Waals surface area contributed by atoms with Gasteiger partial charge in [-0.2, -0.15) is 0 Å². The summed E-state index contributed by atoms with van der Waals surface area (Å²) in [5, 5.41) is 14.1. The molecule has 1 aromatic heterocycles. The van der Waals surface area contributed by atoms with Crippen LogP contribution in [0.3, 0.4) is 0 Å². The molecule has 0 aliphatic heterocycles. The van der Waals surface area contributed by atoms with E-state index in [-0.39, 0.29) is 5.49 Å². The lowest BCUT2D eigenvalue weighted by Crippen LogP contribution is -2.18. The monoisotopic (exact) mass is 335 g/mol. The van der Waals surface area contributed by atoms with Crippen molar-refractivity contribution in [3.63, 3.8) is 0 Å². The zero-order valence-electron chi connectivity index (χ0n) is 16.5. The van der Waals surface area contributed by atoms with E-state index in [9.17, 15) is 4.79 Å². The van der Waals surface area contributed by atoms with Crippen LogP contribution in [-0.4, -0.2) is 17.2 Å². The molecule has 0 amide bonds. The van der Waals surface area contributed by atoms with Gasteiger partial charge in [-0.05, 0) is 17.5 Å². The smallest absolute Gasteiger partial charge is 0.150 e. The minimum absolute atomic E-state index is 0.129. The average molecular weight is 336 g/mol. The lowest BCUT2D eigenvalue weighted by molar-refractivity contribution is 0.112. The van der Waals surface area contributed by atoms with Gasteiger partial charge in [0.25, 0.3) is 0 Å². The highest BCUT2D eigenvalue weighted by atomic mass is 16.1. The molecule has 0 saturated carbocycles. The van der Waals surface area contributed by atoms with E-state index < -0.39 is 0 Å². The summed E-state index contributed by atoms with van der Waals surface area (Å²) in [4.78, 5) is 10.2. The SMILES string of the molecule is CCC(C)(C)C.CCCCCCC.N=Cn1ccc(C=O)cc1=N. The topological polar surface area (TPSA) is 69.7 Å². The van der Waals surface area contributed by atoms with E-state index in [0.29, 0.717) is 17.3 Å². The maximum absolute atomic E-state index is 10.2. The summed E-state index contributed by atoms with van der Waals surface area (Å²) in [6, 6.07) is 2.95. The van der Waals surface area contributed by atoms with Crippen LogP contribution in [-0.2, 0) is 0 Å². The summed E-state index contributed by atoms with van der Waals surface area (Å²) >= 11 is 0. The number of aldehydes is 1. The van der Waals surface area contributed by atoms with Crippen molar-refractivity contribution in [3.8, 4) is 0 Å². The van der Waals surface area contributed by atoms with Gasteiger partial charge in [0.15, 0.2) is 0 Å². The number of aromatic nitrogens is 1. The van der Waals surface area contributed by atoms with E-state index in [0.717, 1.165) is 6.34 Å². The van der Waals surface area contributed by atoms with Gasteiger partial charge in [-0.3, -0.25) is 20.2 Å². The van der Waals surface area contributed by atoms with Crippen LogP contribution >= 0.6 is 0 Å². The van der Waals surface area contributed by atoms with Gasteiger partial charge in [0.2, 0.25) is 0 Å². The number of carbonyl (C=O) groups excluding carboxylic acids is 1. The van der Waals surface area contributed by atoms with E-state index in [1.165, 1.54) is 55.4 Å². The summed E-state index contributed by atoms with van der Waals surface area (Å²) in [6.45, 7) is 13.4. The summed E-state index contributed by atoms with van der Waals surface area (Å²) < 4.78 is 1.30. The minimum atomic E-state index is 0.129. The Hall–Kier alpha value is -1.71. The molecule has 0 atom stereocenters. The molecule has 0 fully saturated rings. The molecule has 1 rings (SSSR count). The number of hydrogen-bond donors (Lipinski definition) is 2. The Kier molecular flexibility index (Phi) is 15.2. The first-order chi connectivity index (χ1) is 11.2. The van der Waals surface area contributed by atoms with E-state index in [2.05, 4.69) is 41.5 Å². The van der Waals surface area contributed by atoms with Crippen molar-refractivity contribution in [2.75, 3.05) is 0 Å². The fourth-order valence-corrected chi connectivity index (χ4v) is 1.39. The normalized spacial score (nSPS) is 9.92. The third-order valence-corrected chi connectivity index (χ3v) is 3.55. The van der Waals surface area contributed by atoms with Crippen molar-refractivity contribution < 1.29 is 4.79 Å². The van der Waals surface area contributed by atoms with E-state index >= 15 is 0 Å². The molecule has 4 nitrogen and oxygen atoms in total. The highest BCUT2D eigenvalue weighted by molar-refractivity contribution is 5.74. The molecule has 0 aliphatic carbocycles. The van der Waals surface area contributed by atoms with Crippen LogP contribution < -0.4 is 5.49 Å². The maximum Gasteiger partial charge on any atom is 0.150 e. The molecule has 1 heterocycles. The van der Waals surface area contributed by atoms with E-state index in [1.54, 1.807) is 6.07 Å². The van der Waals surface area contributed by atoms with Crippen molar-refractivity contribution in [3.05, 3.63) is 29.4 Å². The van der Waals surface area contributed by atoms with E-state index in [1.807, 2.05) is 0 Å². The Balaban J connectivity index is 0. The molecule has 138 valence electrons. The summed E-state index contributed by atoms with van der Waals surface area (Å²) in [7, 11) is 0. The molecule has 0 saturated heterocycles. The predicted molar refractivity (Wildman–Crippen MR) is 104 cm³/mol. The van der Waals surface area contributed by atoms with Gasteiger partial charge < -0.3 is 0 Å². The number of carbonyl (C=O) groups is 1. The van der Waals surface area contributed by atoms with Gasteiger partial charge in [0.1, 0.15) is 11.8 Å². The first kappa shape index (κ1) is 24.5. The molecule has 0 spiro atoms. The molecule has 2 N–H and O–H groups in total. The van der Waals surface area contributed by atoms with Gasteiger partial charge in [-0.15, -0.1) is 0 Å². The molecule has 24 heavy (non-hydrogen) atoms. The Morgan fingerprint density at radius 1 is 1.08 bits per heavy atom. The first-order valence-electron chi connectivity index (χ1n) is 8.98. The number of nitrogens with zero attached hydrogens (tertiary/aromatic N) is 1. The Morgan fingerprint density at radius 3 is 1.88 bits per heavy atom. The fourth-order valence-electron chi connectivity index (χ4n) is 1.39. The number of hydrogen-bond acceptors (Lipinski definition) is 3. The van der Waals surface area contributed by atoms with Crippen LogP contribution in [0, 0.1) is 16.2 Å². The Bertz CT molecular complexity index is 494. The minimum Gasteiger partial charge on any atom is -0.298 e. The van der Waals surface area contributed by atoms with Crippen LogP contribution in [0.15, 0.2) is 18.3 Å². The molecule has 0 radical (unpaired) electrons. The van der Waals surface area contributed by atoms with Gasteiger partial charge >= 0.3 is 0 Å². The predicted octanol–water partition coefficient (Wildman–Crippen LogP) is 5.65. The summed E-state index contributed by atoms with van der Waals surface area (Å²) in [5.74, 6) is 0. The lowest BCUT2D eigenvalue weighted by atomic mass is 9.94. The zero-order valence-corrected chi connectivity index (χ0v) is 16.5. The summed E-state index contributed by atoms with van der Waals surface area (Å²) in [6.07, 6.45) is 11.5. The Labute approximate surface area is 148 Å². The van der Waals surface area contributed by atoms with Crippen LogP contribution in [0.2, 0.25) is 0 Å². The highest BCUT2D eigenvalue weighted by Gasteiger charge is 2.03. The number of unbranched alkanes of at least 4 members (excludes halogenated alkanes) is 4. The standard InChI is InChI=1S/C7H7N3O.C7H16.C6H14/c8-5-10-2-1-6(4-11)3-7(10)9;1-3-5-7-6-4-2;1-5-6(2,3)4/h1-5,8-9H;3-7H2,1-2H3;5H2,1-4H3. The van der Waals surface area contributed by atoms with Gasteiger partial charge in [-0.1, -0.05) is 80.1 Å². The van der Waals surface area contributed by atoms with Crippen molar-refractivity contribution in [1.82, 2.24) is 4.57 Å². The van der Waals surface area contributed by atoms with Crippen LogP contribution in [0.1, 0.15) is 90.4 Å². The fraction of sp³-hybridized carbons (Fsp3) is 0.650. The quantitative estimate of drug-likeness (QED) is 0.300. The second-order valence-corrected chi connectivity index (χ2v) is 6.97. The second-order valence-electron chi connectivity index (χ2n) is 6.97. The number of rotatable bonds is 6. The third kappa shape index (κ3) is 15.2. The van der Waals surface area contributed by atoms with Gasteiger partial charge in [-0.25, -0.2) is 0 Å². The van der Waals surface area contributed by atoms with Crippen molar-refractivity contribution in [2.24, 2.45) is 5.41 Å². The second kappa shape index (κ2) is 14.9. The van der Waals surface area contributed by atoms with Crippen molar-refractivity contribution in [1.29, 1.82) is 10.8 Å². The van der Waals surface area contributed by atoms with Gasteiger partial charge in [0.05, 0.1) is 6.34 Å². The maximum atomic E-state index is 10.2. The van der Waals surface area contributed by atoms with Crippen molar-refractivity contribution >= 4 is 12.6 Å². The zero-order chi connectivity index (χ0) is 19.0. The lowest BCUT2D eigenvalue weighted by Gasteiger charge is -2.12. The number of nitrogens with one attached hydrogen (secondary N) is 2. The molecule has 4 heteroatoms. The molecule has 0 bridgehead atoms. The molecule has 0 aliphatic rings. The van der Waals surface area contributed by atoms with Gasteiger partial charge in [0, 0.05) is 11.8 Å². The van der Waals surface area contributed by atoms with E-state index in [4.69, 9.17) is 10.8 Å². The van der Waals surface area contributed by atoms with Crippen LogP contribution in [0.4, 0.5) is 0 Å². The molecular formula is C20H37N3O. The highest BCUT2D eigenvalue weighted by Crippen LogP contribution is 2.16. The Morgan fingerprint density at radius 2 is 1.58 bits per heavy atom. The average Bonchev–Trinajstić information content (AvgIpc) is 2.55. The van der Waals surface area contributed by atoms with Crippen molar-refractivity contribution in [2.45, 2.75) is 80.1 Å². The summed E-state index contributed by atoms with van der Waals surface area (Å²) in [5.41, 5.74) is 1.12. The number of pyridine rings is 1. The third-order valence-electron chi connectivity index (χ3n) is 3.55. The largest absolute Gasteiger partial charge is 0.298 e. The first-order valence-corrected chi connectivity index (χ1v) is 8.98. The molecule has 0 unspecified atom stereocenters. The molecular weight excluding hydrogens is 298 g/mol. The molecule has 1 aromatic rings.